The average Bonchev–Trinajstić information content (AvgIpc) is 3.43. The third kappa shape index (κ3) is 7.72. The molecule has 2 heterocycles. The van der Waals surface area contributed by atoms with E-state index in [4.69, 9.17) is 4.74 Å². The van der Waals surface area contributed by atoms with E-state index in [0.29, 0.717) is 17.6 Å². The maximum Gasteiger partial charge on any atom is 0.321 e. The molecule has 0 bridgehead atoms. The number of benzene rings is 2. The summed E-state index contributed by atoms with van der Waals surface area (Å²) in [5.74, 6) is 0.508. The largest absolute Gasteiger partial charge is 0.484 e. The minimum Gasteiger partial charge on any atom is -0.484 e. The van der Waals surface area contributed by atoms with Gasteiger partial charge in [0.2, 0.25) is 0 Å². The molecule has 10 nitrogen and oxygen atoms in total. The number of likely N-dealkylation sites (tertiary alicyclic amines) is 2. The predicted molar refractivity (Wildman–Crippen MR) is 163 cm³/mol. The summed E-state index contributed by atoms with van der Waals surface area (Å²) >= 11 is 0. The zero-order chi connectivity index (χ0) is 30.3. The van der Waals surface area contributed by atoms with Crippen molar-refractivity contribution in [2.75, 3.05) is 46.4 Å². The Labute approximate surface area is 253 Å². The van der Waals surface area contributed by atoms with Gasteiger partial charge in [0, 0.05) is 63.9 Å². The first-order valence-corrected chi connectivity index (χ1v) is 15.7. The highest BCUT2D eigenvalue weighted by Gasteiger charge is 2.43. The van der Waals surface area contributed by atoms with Crippen LogP contribution < -0.4 is 4.74 Å². The molecule has 0 unspecified atom stereocenters. The van der Waals surface area contributed by atoms with Crippen LogP contribution in [0.15, 0.2) is 54.6 Å². The van der Waals surface area contributed by atoms with E-state index in [2.05, 4.69) is 34.1 Å². The lowest BCUT2D eigenvalue weighted by atomic mass is 9.83. The molecular weight excluding hydrogens is 548 g/mol. The molecule has 3 atom stereocenters. The first kappa shape index (κ1) is 30.9. The van der Waals surface area contributed by atoms with E-state index >= 15 is 0 Å². The number of nitro groups is 1. The number of hydrogen-bond acceptors (Lipinski definition) is 7. The molecule has 2 aromatic rings. The van der Waals surface area contributed by atoms with Crippen molar-refractivity contribution in [2.24, 2.45) is 11.8 Å². The highest BCUT2D eigenvalue weighted by Crippen LogP contribution is 2.38. The molecule has 0 radical (unpaired) electrons. The number of rotatable bonds is 11. The first-order chi connectivity index (χ1) is 20.8. The fraction of sp³-hybridized carbons (Fsp3) is 0.576. The highest BCUT2D eigenvalue weighted by molar-refractivity contribution is 5.77. The Morgan fingerprint density at radius 3 is 2.30 bits per heavy atom. The summed E-state index contributed by atoms with van der Waals surface area (Å²) in [5.41, 5.74) is 1.27. The second kappa shape index (κ2) is 14.3. The van der Waals surface area contributed by atoms with Gasteiger partial charge in [0.15, 0.2) is 6.61 Å². The topological polar surface area (TPSA) is 116 Å². The van der Waals surface area contributed by atoms with Crippen molar-refractivity contribution < 1.29 is 24.4 Å². The third-order valence-corrected chi connectivity index (χ3v) is 9.84. The molecule has 0 spiro atoms. The number of nitro benzene ring substituents is 1. The van der Waals surface area contributed by atoms with Crippen LogP contribution in [0.3, 0.4) is 0 Å². The van der Waals surface area contributed by atoms with Crippen LogP contribution in [0, 0.1) is 22.0 Å². The number of nitrogens with zero attached hydrogens (tertiary/aromatic N) is 4. The number of non-ortho nitro benzene ring substituents is 1. The van der Waals surface area contributed by atoms with Crippen LogP contribution in [-0.4, -0.2) is 95.1 Å². The van der Waals surface area contributed by atoms with Gasteiger partial charge in [0.1, 0.15) is 11.8 Å². The minimum atomic E-state index is -0.676. The van der Waals surface area contributed by atoms with E-state index in [1.54, 1.807) is 4.90 Å². The summed E-state index contributed by atoms with van der Waals surface area (Å²) in [7, 11) is 1.82. The number of amides is 1. The maximum atomic E-state index is 12.9. The van der Waals surface area contributed by atoms with E-state index in [1.807, 2.05) is 13.1 Å². The van der Waals surface area contributed by atoms with Crippen molar-refractivity contribution in [3.63, 3.8) is 0 Å². The lowest BCUT2D eigenvalue weighted by Gasteiger charge is -2.38. The SMILES string of the molecule is CN(C(=O)COc1ccc([N+](=O)[O-])cc1)C1CCN(C[C@H]2CN([C@@H](C(=O)O)C3CCCCC3)C[C@@H]2c2ccccc2)CC1. The molecule has 1 amide bonds. The van der Waals surface area contributed by atoms with Crippen LogP contribution in [0.4, 0.5) is 5.69 Å². The Morgan fingerprint density at radius 2 is 1.67 bits per heavy atom. The number of carboxylic acids is 1. The van der Waals surface area contributed by atoms with Gasteiger partial charge in [-0.3, -0.25) is 24.6 Å². The molecule has 3 aliphatic rings. The van der Waals surface area contributed by atoms with Gasteiger partial charge in [0.05, 0.1) is 4.92 Å². The number of aliphatic carboxylic acids is 1. The normalized spacial score (nSPS) is 23.1. The van der Waals surface area contributed by atoms with Gasteiger partial charge in [-0.15, -0.1) is 0 Å². The Kier molecular flexibility index (Phi) is 10.3. The Balaban J connectivity index is 1.16. The fourth-order valence-corrected chi connectivity index (χ4v) is 7.44. The number of carbonyl (C=O) groups excluding carboxylic acids is 1. The lowest BCUT2D eigenvalue weighted by Crippen LogP contribution is -2.48. The predicted octanol–water partition coefficient (Wildman–Crippen LogP) is 4.65. The van der Waals surface area contributed by atoms with E-state index < -0.39 is 16.9 Å². The Morgan fingerprint density at radius 1 is 1.00 bits per heavy atom. The third-order valence-electron chi connectivity index (χ3n) is 9.84. The molecule has 5 rings (SSSR count). The zero-order valence-corrected chi connectivity index (χ0v) is 25.1. The van der Waals surface area contributed by atoms with Gasteiger partial charge in [-0.25, -0.2) is 0 Å². The minimum absolute atomic E-state index is 0.0196. The monoisotopic (exact) mass is 592 g/mol. The van der Waals surface area contributed by atoms with E-state index in [-0.39, 0.29) is 30.2 Å². The molecule has 10 heteroatoms. The number of hydrogen-bond donors (Lipinski definition) is 1. The van der Waals surface area contributed by atoms with Crippen LogP contribution in [0.2, 0.25) is 0 Å². The number of likely N-dealkylation sites (N-methyl/N-ethyl adjacent to an activating group) is 1. The van der Waals surface area contributed by atoms with Crippen LogP contribution >= 0.6 is 0 Å². The van der Waals surface area contributed by atoms with Gasteiger partial charge < -0.3 is 19.6 Å². The van der Waals surface area contributed by atoms with Gasteiger partial charge in [-0.2, -0.15) is 0 Å². The summed E-state index contributed by atoms with van der Waals surface area (Å²) in [5, 5.41) is 21.1. The van der Waals surface area contributed by atoms with Crippen LogP contribution in [0.1, 0.15) is 56.4 Å². The van der Waals surface area contributed by atoms with Crippen molar-refractivity contribution in [3.05, 3.63) is 70.3 Å². The second-order valence-electron chi connectivity index (χ2n) is 12.5. The molecule has 232 valence electrons. The molecule has 43 heavy (non-hydrogen) atoms. The average molecular weight is 593 g/mol. The Bertz CT molecular complexity index is 1230. The first-order valence-electron chi connectivity index (χ1n) is 15.7. The number of carboxylic acid groups (broad SMARTS) is 1. The standard InChI is InChI=1S/C33H44N4O6/c1-34(31(38)23-43-29-14-12-28(13-15-29)37(41)42)27-16-18-35(19-17-27)20-26-21-36(22-30(26)24-8-4-2-5-9-24)32(33(39)40)25-10-6-3-7-11-25/h2,4-5,8-9,12-15,25-27,30,32H,3,6-7,10-11,16-23H2,1H3,(H,39,40)/t26-,30+,32+/m0/s1. The summed E-state index contributed by atoms with van der Waals surface area (Å²) < 4.78 is 5.60. The zero-order valence-electron chi connectivity index (χ0n) is 25.1. The fourth-order valence-electron chi connectivity index (χ4n) is 7.44. The molecule has 2 saturated heterocycles. The van der Waals surface area contributed by atoms with Gasteiger partial charge in [-0.05, 0) is 55.2 Å². The molecule has 1 N–H and O–H groups in total. The van der Waals surface area contributed by atoms with E-state index in [0.717, 1.165) is 71.2 Å². The van der Waals surface area contributed by atoms with Gasteiger partial charge in [-0.1, -0.05) is 49.6 Å². The summed E-state index contributed by atoms with van der Waals surface area (Å²) in [4.78, 5) is 42.3. The molecule has 2 aliphatic heterocycles. The molecule has 0 aromatic heterocycles. The van der Waals surface area contributed by atoms with Crippen molar-refractivity contribution in [3.8, 4) is 5.75 Å². The molecule has 3 fully saturated rings. The maximum absolute atomic E-state index is 12.9. The summed E-state index contributed by atoms with van der Waals surface area (Å²) in [6, 6.07) is 16.0. The highest BCUT2D eigenvalue weighted by atomic mass is 16.6. The number of piperidine rings is 1. The summed E-state index contributed by atoms with van der Waals surface area (Å²) in [6.07, 6.45) is 7.21. The van der Waals surface area contributed by atoms with Crippen LogP contribution in [-0.2, 0) is 9.59 Å². The second-order valence-corrected chi connectivity index (χ2v) is 12.5. The van der Waals surface area contributed by atoms with Crippen molar-refractivity contribution >= 4 is 17.6 Å². The van der Waals surface area contributed by atoms with E-state index in [1.165, 1.54) is 36.2 Å². The van der Waals surface area contributed by atoms with Crippen molar-refractivity contribution in [2.45, 2.75) is 62.9 Å². The smallest absolute Gasteiger partial charge is 0.321 e. The van der Waals surface area contributed by atoms with Crippen molar-refractivity contribution in [1.82, 2.24) is 14.7 Å². The summed E-state index contributed by atoms with van der Waals surface area (Å²) in [6.45, 7) is 4.15. The lowest BCUT2D eigenvalue weighted by molar-refractivity contribution is -0.384. The quantitative estimate of drug-likeness (QED) is 0.296. The Hall–Kier alpha value is -3.50. The van der Waals surface area contributed by atoms with Crippen LogP contribution in [0.25, 0.3) is 0 Å². The number of carbonyl (C=O) groups is 2. The van der Waals surface area contributed by atoms with Gasteiger partial charge in [0.25, 0.3) is 11.6 Å². The van der Waals surface area contributed by atoms with Crippen LogP contribution in [0.5, 0.6) is 5.75 Å². The molecule has 1 aliphatic carbocycles. The molecule has 2 aromatic carbocycles. The van der Waals surface area contributed by atoms with Crippen molar-refractivity contribution in [1.29, 1.82) is 0 Å². The van der Waals surface area contributed by atoms with E-state index in [9.17, 15) is 24.8 Å². The van der Waals surface area contributed by atoms with Gasteiger partial charge >= 0.3 is 5.97 Å². The molecule has 1 saturated carbocycles. The number of ether oxygens (including phenoxy) is 1. The molecular formula is C33H44N4O6.